The van der Waals surface area contributed by atoms with Gasteiger partial charge in [0, 0.05) is 0 Å². The van der Waals surface area contributed by atoms with E-state index in [1.165, 1.54) is 0 Å². The van der Waals surface area contributed by atoms with Gasteiger partial charge in [0.15, 0.2) is 0 Å². The van der Waals surface area contributed by atoms with E-state index in [1.807, 2.05) is 19.1 Å². The van der Waals surface area contributed by atoms with Gasteiger partial charge in [-0.3, -0.25) is 9.59 Å². The molecule has 0 spiro atoms. The third kappa shape index (κ3) is 1.03. The molecule has 2 saturated carbocycles. The van der Waals surface area contributed by atoms with Gasteiger partial charge >= 0.3 is 11.9 Å². The molecule has 0 saturated heterocycles. The summed E-state index contributed by atoms with van der Waals surface area (Å²) in [5, 5.41) is 19.5. The van der Waals surface area contributed by atoms with Gasteiger partial charge in [0.25, 0.3) is 0 Å². The Balaban J connectivity index is 2.21. The lowest BCUT2D eigenvalue weighted by Gasteiger charge is -2.50. The van der Waals surface area contributed by atoms with Crippen LogP contribution in [0.5, 0.6) is 0 Å². The summed E-state index contributed by atoms with van der Waals surface area (Å²) >= 11 is 0. The molecule has 0 aromatic carbocycles. The summed E-state index contributed by atoms with van der Waals surface area (Å²) in [5.41, 5.74) is -2.14. The van der Waals surface area contributed by atoms with Gasteiger partial charge < -0.3 is 10.2 Å². The molecule has 3 aliphatic rings. The zero-order chi connectivity index (χ0) is 13.1. The van der Waals surface area contributed by atoms with Gasteiger partial charge in [0.05, 0.1) is 10.8 Å². The summed E-state index contributed by atoms with van der Waals surface area (Å²) in [7, 11) is 0. The quantitative estimate of drug-likeness (QED) is 0.736. The molecule has 2 bridgehead atoms. The zero-order valence-corrected chi connectivity index (χ0v) is 10.4. The zero-order valence-electron chi connectivity index (χ0n) is 10.4. The van der Waals surface area contributed by atoms with Crippen LogP contribution >= 0.6 is 0 Å². The van der Waals surface area contributed by atoms with Crippen molar-refractivity contribution in [1.29, 1.82) is 0 Å². The molecule has 98 valence electrons. The molecule has 5 unspecified atom stereocenters. The Labute approximate surface area is 106 Å². The Bertz CT molecular complexity index is 455. The van der Waals surface area contributed by atoms with Crippen molar-refractivity contribution in [3.05, 3.63) is 12.2 Å². The van der Waals surface area contributed by atoms with Crippen molar-refractivity contribution in [3.63, 3.8) is 0 Å². The van der Waals surface area contributed by atoms with Crippen LogP contribution in [0.4, 0.5) is 0 Å². The predicted octanol–water partition coefficient (Wildman–Crippen LogP) is 2.15. The summed E-state index contributed by atoms with van der Waals surface area (Å²) in [6.45, 7) is 2.03. The molecule has 0 heterocycles. The van der Waals surface area contributed by atoms with Crippen LogP contribution in [0.3, 0.4) is 0 Å². The summed E-state index contributed by atoms with van der Waals surface area (Å²) in [5.74, 6) is -1.72. The van der Waals surface area contributed by atoms with E-state index in [1.54, 1.807) is 0 Å². The van der Waals surface area contributed by atoms with Crippen molar-refractivity contribution >= 4 is 11.9 Å². The summed E-state index contributed by atoms with van der Waals surface area (Å²) < 4.78 is 0. The van der Waals surface area contributed by atoms with Crippen LogP contribution in [0.15, 0.2) is 12.2 Å². The molecular formula is C14H18O4. The van der Waals surface area contributed by atoms with E-state index in [4.69, 9.17) is 0 Å². The van der Waals surface area contributed by atoms with E-state index in [0.717, 1.165) is 6.42 Å². The number of aliphatic carboxylic acids is 2. The minimum absolute atomic E-state index is 0.0939. The fourth-order valence-electron chi connectivity index (χ4n) is 4.85. The SMILES string of the molecule is CC1CCC2(C(=O)O)C3C=CC(C3)C2(C(=O)O)C1. The van der Waals surface area contributed by atoms with Gasteiger partial charge in [0.2, 0.25) is 0 Å². The molecular weight excluding hydrogens is 232 g/mol. The van der Waals surface area contributed by atoms with Crippen LogP contribution in [0.25, 0.3) is 0 Å². The Morgan fingerprint density at radius 1 is 1.11 bits per heavy atom. The highest BCUT2D eigenvalue weighted by atomic mass is 16.4. The van der Waals surface area contributed by atoms with Crippen LogP contribution in [0.1, 0.15) is 32.6 Å². The number of rotatable bonds is 2. The molecule has 4 nitrogen and oxygen atoms in total. The maximum atomic E-state index is 11.9. The maximum absolute atomic E-state index is 11.9. The van der Waals surface area contributed by atoms with E-state index in [0.29, 0.717) is 25.2 Å². The van der Waals surface area contributed by atoms with Gasteiger partial charge in [-0.2, -0.15) is 0 Å². The van der Waals surface area contributed by atoms with Crippen molar-refractivity contribution in [3.8, 4) is 0 Å². The highest BCUT2D eigenvalue weighted by molar-refractivity contribution is 5.89. The fourth-order valence-corrected chi connectivity index (χ4v) is 4.85. The molecule has 3 aliphatic carbocycles. The lowest BCUT2D eigenvalue weighted by atomic mass is 9.50. The average molecular weight is 250 g/mol. The Kier molecular flexibility index (Phi) is 2.20. The van der Waals surface area contributed by atoms with Crippen LogP contribution in [-0.2, 0) is 9.59 Å². The molecule has 2 fully saturated rings. The molecule has 2 N–H and O–H groups in total. The lowest BCUT2D eigenvalue weighted by molar-refractivity contribution is -0.184. The Morgan fingerprint density at radius 3 is 2.22 bits per heavy atom. The van der Waals surface area contributed by atoms with Gasteiger partial charge in [-0.1, -0.05) is 19.1 Å². The maximum Gasteiger partial charge on any atom is 0.311 e. The third-order valence-corrected chi connectivity index (χ3v) is 5.61. The summed E-state index contributed by atoms with van der Waals surface area (Å²) in [4.78, 5) is 23.8. The third-order valence-electron chi connectivity index (χ3n) is 5.61. The summed E-state index contributed by atoms with van der Waals surface area (Å²) in [6.07, 6.45) is 6.40. The molecule has 0 amide bonds. The van der Waals surface area contributed by atoms with E-state index in [9.17, 15) is 19.8 Å². The Morgan fingerprint density at radius 2 is 1.67 bits per heavy atom. The largest absolute Gasteiger partial charge is 0.481 e. The number of carboxylic acids is 2. The predicted molar refractivity (Wildman–Crippen MR) is 63.9 cm³/mol. The van der Waals surface area contributed by atoms with Crippen LogP contribution in [-0.4, -0.2) is 22.2 Å². The normalized spacial score (nSPS) is 49.1. The molecule has 5 atom stereocenters. The van der Waals surface area contributed by atoms with Crippen molar-refractivity contribution in [2.24, 2.45) is 28.6 Å². The molecule has 3 rings (SSSR count). The first kappa shape index (κ1) is 11.8. The minimum atomic E-state index is -1.07. The van der Waals surface area contributed by atoms with Gasteiger partial charge in [-0.05, 0) is 43.4 Å². The first-order valence-corrected chi connectivity index (χ1v) is 6.60. The number of fused-ring (bicyclic) bond motifs is 5. The van der Waals surface area contributed by atoms with Gasteiger partial charge in [0.1, 0.15) is 0 Å². The van der Waals surface area contributed by atoms with Crippen molar-refractivity contribution in [1.82, 2.24) is 0 Å². The lowest BCUT2D eigenvalue weighted by Crippen LogP contribution is -2.58. The van der Waals surface area contributed by atoms with Gasteiger partial charge in [-0.15, -0.1) is 0 Å². The van der Waals surface area contributed by atoms with Gasteiger partial charge in [-0.25, -0.2) is 0 Å². The van der Waals surface area contributed by atoms with Crippen LogP contribution < -0.4 is 0 Å². The second-order valence-electron chi connectivity index (χ2n) is 6.23. The second-order valence-corrected chi connectivity index (χ2v) is 6.23. The number of allylic oxidation sites excluding steroid dienone is 2. The van der Waals surface area contributed by atoms with E-state index in [-0.39, 0.29) is 11.8 Å². The number of carbonyl (C=O) groups is 2. The monoisotopic (exact) mass is 250 g/mol. The first-order valence-electron chi connectivity index (χ1n) is 6.60. The summed E-state index contributed by atoms with van der Waals surface area (Å²) in [6, 6.07) is 0. The second kappa shape index (κ2) is 3.37. The minimum Gasteiger partial charge on any atom is -0.481 e. The molecule has 4 heteroatoms. The molecule has 0 aromatic heterocycles. The standard InChI is InChI=1S/C14H18O4/c1-8-4-5-13(11(15)16)9-2-3-10(6-9)14(13,7-8)12(17)18/h2-3,8-10H,4-7H2,1H3,(H,15,16)(H,17,18). The molecule has 0 aromatic rings. The van der Waals surface area contributed by atoms with E-state index >= 15 is 0 Å². The molecule has 0 aliphatic heterocycles. The number of hydrogen-bond donors (Lipinski definition) is 2. The molecule has 18 heavy (non-hydrogen) atoms. The van der Waals surface area contributed by atoms with Crippen molar-refractivity contribution < 1.29 is 19.8 Å². The molecule has 0 radical (unpaired) electrons. The van der Waals surface area contributed by atoms with Crippen molar-refractivity contribution in [2.75, 3.05) is 0 Å². The topological polar surface area (TPSA) is 74.6 Å². The van der Waals surface area contributed by atoms with Crippen LogP contribution in [0, 0.1) is 28.6 Å². The Hall–Kier alpha value is -1.32. The van der Waals surface area contributed by atoms with E-state index in [2.05, 4.69) is 0 Å². The number of carboxylic acid groups (broad SMARTS) is 2. The average Bonchev–Trinajstić information content (AvgIpc) is 2.87. The van der Waals surface area contributed by atoms with Crippen molar-refractivity contribution in [2.45, 2.75) is 32.6 Å². The first-order chi connectivity index (χ1) is 8.45. The van der Waals surface area contributed by atoms with Crippen LogP contribution in [0.2, 0.25) is 0 Å². The highest BCUT2D eigenvalue weighted by Gasteiger charge is 2.74. The fraction of sp³-hybridized carbons (Fsp3) is 0.714. The highest BCUT2D eigenvalue weighted by Crippen LogP contribution is 2.70. The van der Waals surface area contributed by atoms with E-state index < -0.39 is 22.8 Å². The number of hydrogen-bond acceptors (Lipinski definition) is 2. The smallest absolute Gasteiger partial charge is 0.311 e.